The minimum atomic E-state index is 0.567. The van der Waals surface area contributed by atoms with Gasteiger partial charge in [-0.1, -0.05) is 13.8 Å². The second kappa shape index (κ2) is 3.83. The quantitative estimate of drug-likeness (QED) is 0.658. The van der Waals surface area contributed by atoms with Crippen molar-refractivity contribution in [2.75, 3.05) is 0 Å². The Balaban J connectivity index is 0.000000431. The zero-order valence-electron chi connectivity index (χ0n) is 11.4. The van der Waals surface area contributed by atoms with Crippen LogP contribution in [0.1, 0.15) is 67.6 Å². The Morgan fingerprint density at radius 3 is 2.41 bits per heavy atom. The molecule has 0 bridgehead atoms. The summed E-state index contributed by atoms with van der Waals surface area (Å²) in [5.74, 6) is 0. The third-order valence-electron chi connectivity index (χ3n) is 4.84. The minimum absolute atomic E-state index is 0.567. The highest BCUT2D eigenvalue weighted by Crippen LogP contribution is 2.57. The smallest absolute Gasteiger partial charge is 0.0503 e. The molecule has 0 saturated heterocycles. The molecule has 0 N–H and O–H groups in total. The molecule has 0 aliphatic heterocycles. The van der Waals surface area contributed by atoms with Gasteiger partial charge >= 0.3 is 0 Å². The largest absolute Gasteiger partial charge is 0.257 e. The molecule has 1 saturated carbocycles. The first-order valence-electron chi connectivity index (χ1n) is 7.32. The number of nitrogens with zero attached hydrogens (tertiary/aromatic N) is 1. The van der Waals surface area contributed by atoms with Gasteiger partial charge in [-0.05, 0) is 68.6 Å². The second-order valence-corrected chi connectivity index (χ2v) is 5.62. The van der Waals surface area contributed by atoms with E-state index in [0.29, 0.717) is 5.41 Å². The first kappa shape index (κ1) is 11.3. The van der Waals surface area contributed by atoms with E-state index in [2.05, 4.69) is 6.92 Å². The molecule has 1 heterocycles. The van der Waals surface area contributed by atoms with Gasteiger partial charge < -0.3 is 0 Å². The molecule has 92 valence electrons. The van der Waals surface area contributed by atoms with Gasteiger partial charge in [-0.25, -0.2) is 0 Å². The topological polar surface area (TPSA) is 12.9 Å². The zero-order valence-corrected chi connectivity index (χ0v) is 11.4. The van der Waals surface area contributed by atoms with E-state index < -0.39 is 0 Å². The van der Waals surface area contributed by atoms with Crippen molar-refractivity contribution in [1.29, 1.82) is 0 Å². The molecular formula is C16H23N. The lowest BCUT2D eigenvalue weighted by molar-refractivity contribution is 0.661. The van der Waals surface area contributed by atoms with Gasteiger partial charge in [0.05, 0.1) is 5.69 Å². The summed E-state index contributed by atoms with van der Waals surface area (Å²) in [7, 11) is 0. The average molecular weight is 229 g/mol. The van der Waals surface area contributed by atoms with E-state index in [-0.39, 0.29) is 0 Å². The number of aryl methyl sites for hydroxylation is 1. The van der Waals surface area contributed by atoms with Gasteiger partial charge in [-0.3, -0.25) is 4.98 Å². The summed E-state index contributed by atoms with van der Waals surface area (Å²) in [6.07, 6.45) is 9.37. The SMILES string of the molecule is CC.Cc1c2c(nc3c1CCC31CC1)CCC2. The summed E-state index contributed by atoms with van der Waals surface area (Å²) >= 11 is 0. The maximum atomic E-state index is 5.01. The van der Waals surface area contributed by atoms with Crippen molar-refractivity contribution in [3.8, 4) is 0 Å². The maximum Gasteiger partial charge on any atom is 0.0503 e. The van der Waals surface area contributed by atoms with E-state index in [4.69, 9.17) is 4.98 Å². The molecule has 0 amide bonds. The Kier molecular flexibility index (Phi) is 2.53. The summed E-state index contributed by atoms with van der Waals surface area (Å²) in [6.45, 7) is 6.34. The molecule has 1 fully saturated rings. The van der Waals surface area contributed by atoms with Crippen LogP contribution in [0.15, 0.2) is 0 Å². The molecule has 1 heteroatoms. The van der Waals surface area contributed by atoms with E-state index in [0.717, 1.165) is 0 Å². The van der Waals surface area contributed by atoms with Crippen molar-refractivity contribution in [3.63, 3.8) is 0 Å². The van der Waals surface area contributed by atoms with Gasteiger partial charge in [0.2, 0.25) is 0 Å². The summed E-state index contributed by atoms with van der Waals surface area (Å²) in [5.41, 5.74) is 8.37. The molecule has 4 rings (SSSR count). The van der Waals surface area contributed by atoms with Crippen LogP contribution in [-0.2, 0) is 24.7 Å². The standard InChI is InChI=1S/C14H17N.C2H6/c1-9-10-3-2-4-12(10)15-13-11(9)5-6-14(13)7-8-14;1-2/h2-8H2,1H3;1-2H3. The van der Waals surface area contributed by atoms with Gasteiger partial charge in [0.25, 0.3) is 0 Å². The van der Waals surface area contributed by atoms with Gasteiger partial charge in [-0.2, -0.15) is 0 Å². The Morgan fingerprint density at radius 2 is 1.71 bits per heavy atom. The van der Waals surface area contributed by atoms with Crippen LogP contribution >= 0.6 is 0 Å². The molecule has 17 heavy (non-hydrogen) atoms. The molecule has 3 aliphatic carbocycles. The third-order valence-corrected chi connectivity index (χ3v) is 4.84. The van der Waals surface area contributed by atoms with Gasteiger partial charge in [0.1, 0.15) is 0 Å². The first-order valence-corrected chi connectivity index (χ1v) is 7.32. The van der Waals surface area contributed by atoms with Gasteiger partial charge in [0.15, 0.2) is 0 Å². The van der Waals surface area contributed by atoms with E-state index >= 15 is 0 Å². The van der Waals surface area contributed by atoms with Crippen molar-refractivity contribution in [1.82, 2.24) is 4.98 Å². The Labute approximate surface area is 105 Å². The molecule has 0 aromatic carbocycles. The number of fused-ring (bicyclic) bond motifs is 3. The molecule has 1 nitrogen and oxygen atoms in total. The summed E-state index contributed by atoms with van der Waals surface area (Å²) in [5, 5.41) is 0. The molecular weight excluding hydrogens is 206 g/mol. The highest BCUT2D eigenvalue weighted by atomic mass is 14.8. The molecule has 1 aromatic rings. The Bertz CT molecular complexity index is 455. The summed E-state index contributed by atoms with van der Waals surface area (Å²) in [6, 6.07) is 0. The lowest BCUT2D eigenvalue weighted by atomic mass is 9.99. The Morgan fingerprint density at radius 1 is 0.941 bits per heavy atom. The summed E-state index contributed by atoms with van der Waals surface area (Å²) in [4.78, 5) is 5.01. The number of hydrogen-bond acceptors (Lipinski definition) is 1. The third kappa shape index (κ3) is 1.47. The van der Waals surface area contributed by atoms with E-state index in [1.54, 1.807) is 16.7 Å². The monoisotopic (exact) mass is 229 g/mol. The molecule has 0 unspecified atom stereocenters. The predicted octanol–water partition coefficient (Wildman–Crippen LogP) is 3.88. The van der Waals surface area contributed by atoms with Crippen molar-refractivity contribution >= 4 is 0 Å². The number of rotatable bonds is 0. The predicted molar refractivity (Wildman–Crippen MR) is 71.6 cm³/mol. The van der Waals surface area contributed by atoms with Crippen molar-refractivity contribution in [2.24, 2.45) is 0 Å². The highest BCUT2D eigenvalue weighted by molar-refractivity contribution is 5.49. The summed E-state index contributed by atoms with van der Waals surface area (Å²) < 4.78 is 0. The van der Waals surface area contributed by atoms with Gasteiger partial charge in [0, 0.05) is 11.1 Å². The van der Waals surface area contributed by atoms with Crippen molar-refractivity contribution < 1.29 is 0 Å². The normalized spacial score (nSPS) is 21.8. The van der Waals surface area contributed by atoms with Crippen molar-refractivity contribution in [2.45, 2.75) is 71.1 Å². The van der Waals surface area contributed by atoms with Crippen LogP contribution < -0.4 is 0 Å². The van der Waals surface area contributed by atoms with E-state index in [9.17, 15) is 0 Å². The highest BCUT2D eigenvalue weighted by Gasteiger charge is 2.50. The Hall–Kier alpha value is -0.850. The fourth-order valence-electron chi connectivity index (χ4n) is 3.68. The fourth-order valence-corrected chi connectivity index (χ4v) is 3.68. The fraction of sp³-hybridized carbons (Fsp3) is 0.688. The first-order chi connectivity index (χ1) is 8.30. The van der Waals surface area contributed by atoms with Crippen LogP contribution in [0.4, 0.5) is 0 Å². The van der Waals surface area contributed by atoms with Crippen LogP contribution in [0, 0.1) is 6.92 Å². The van der Waals surface area contributed by atoms with Crippen LogP contribution in [0.2, 0.25) is 0 Å². The van der Waals surface area contributed by atoms with Crippen LogP contribution in [-0.4, -0.2) is 4.98 Å². The number of aromatic nitrogens is 1. The average Bonchev–Trinajstić information content (AvgIpc) is 2.84. The lowest BCUT2D eigenvalue weighted by Crippen LogP contribution is -2.07. The van der Waals surface area contributed by atoms with Gasteiger partial charge in [-0.15, -0.1) is 0 Å². The van der Waals surface area contributed by atoms with Crippen LogP contribution in [0.3, 0.4) is 0 Å². The van der Waals surface area contributed by atoms with Crippen LogP contribution in [0.5, 0.6) is 0 Å². The van der Waals surface area contributed by atoms with Crippen molar-refractivity contribution in [3.05, 3.63) is 28.1 Å². The molecule has 3 aliphatic rings. The van der Waals surface area contributed by atoms with E-state index in [1.165, 1.54) is 56.3 Å². The lowest BCUT2D eigenvalue weighted by Gasteiger charge is -2.12. The number of hydrogen-bond donors (Lipinski definition) is 0. The number of pyridine rings is 1. The second-order valence-electron chi connectivity index (χ2n) is 5.62. The molecule has 1 spiro atoms. The molecule has 1 aromatic heterocycles. The molecule has 0 atom stereocenters. The zero-order chi connectivity index (χ0) is 12.0. The molecule has 0 radical (unpaired) electrons. The van der Waals surface area contributed by atoms with E-state index in [1.807, 2.05) is 13.8 Å². The minimum Gasteiger partial charge on any atom is -0.257 e. The van der Waals surface area contributed by atoms with Crippen LogP contribution in [0.25, 0.3) is 0 Å². The maximum absolute atomic E-state index is 5.01.